The largest absolute Gasteiger partial charge is 0.493 e. The number of nitrogens with zero attached hydrogens (tertiary/aromatic N) is 1. The number of methoxy groups -OCH3 is 1. The van der Waals surface area contributed by atoms with Crippen LogP contribution in [0.15, 0.2) is 23.6 Å². The summed E-state index contributed by atoms with van der Waals surface area (Å²) in [4.78, 5) is 4.72. The highest BCUT2D eigenvalue weighted by Gasteiger charge is 2.21. The zero-order valence-corrected chi connectivity index (χ0v) is 13.2. The number of ether oxygens (including phenoxy) is 2. The molecule has 4 nitrogen and oxygen atoms in total. The van der Waals surface area contributed by atoms with E-state index in [2.05, 4.69) is 10.7 Å². The summed E-state index contributed by atoms with van der Waals surface area (Å²) in [6, 6.07) is 6.62. The van der Waals surface area contributed by atoms with E-state index < -0.39 is 0 Å². The van der Waals surface area contributed by atoms with E-state index in [1.54, 1.807) is 18.4 Å². The standard InChI is InChI=1S/C16H20N2O2S/c1-3-20-15-13(5-4-6-14(15)19-2)16-18-12(10-21-16)9-17-11-7-8-11/h4-6,10-11,17H,3,7-9H2,1-2H3. The Bertz CT molecular complexity index is 608. The fraction of sp³-hybridized carbons (Fsp3) is 0.438. The first-order valence-corrected chi connectivity index (χ1v) is 8.17. The van der Waals surface area contributed by atoms with Gasteiger partial charge in [0, 0.05) is 18.0 Å². The molecule has 2 aromatic rings. The maximum atomic E-state index is 5.76. The molecule has 112 valence electrons. The van der Waals surface area contributed by atoms with Crippen molar-refractivity contribution in [1.82, 2.24) is 10.3 Å². The van der Waals surface area contributed by atoms with Gasteiger partial charge in [0.15, 0.2) is 11.5 Å². The summed E-state index contributed by atoms with van der Waals surface area (Å²) < 4.78 is 11.2. The normalized spacial score (nSPS) is 14.2. The Hall–Kier alpha value is -1.59. The average Bonchev–Trinajstić information content (AvgIpc) is 3.22. The number of benzene rings is 1. The lowest BCUT2D eigenvalue weighted by molar-refractivity contribution is 0.312. The van der Waals surface area contributed by atoms with Crippen molar-refractivity contribution < 1.29 is 9.47 Å². The third-order valence-electron chi connectivity index (χ3n) is 3.42. The van der Waals surface area contributed by atoms with Crippen LogP contribution in [0.5, 0.6) is 11.5 Å². The zero-order valence-electron chi connectivity index (χ0n) is 12.4. The molecule has 0 aliphatic heterocycles. The van der Waals surface area contributed by atoms with E-state index in [9.17, 15) is 0 Å². The summed E-state index contributed by atoms with van der Waals surface area (Å²) in [7, 11) is 1.66. The molecule has 1 aliphatic carbocycles. The molecule has 1 fully saturated rings. The number of hydrogen-bond donors (Lipinski definition) is 1. The van der Waals surface area contributed by atoms with Crippen molar-refractivity contribution in [3.63, 3.8) is 0 Å². The van der Waals surface area contributed by atoms with E-state index in [4.69, 9.17) is 14.5 Å². The Balaban J connectivity index is 1.84. The van der Waals surface area contributed by atoms with Crippen molar-refractivity contribution in [2.24, 2.45) is 0 Å². The van der Waals surface area contributed by atoms with Crippen LogP contribution in [0.3, 0.4) is 0 Å². The van der Waals surface area contributed by atoms with E-state index in [0.29, 0.717) is 12.6 Å². The van der Waals surface area contributed by atoms with Crippen molar-refractivity contribution in [2.75, 3.05) is 13.7 Å². The highest BCUT2D eigenvalue weighted by atomic mass is 32.1. The Labute approximate surface area is 129 Å². The molecule has 0 radical (unpaired) electrons. The van der Waals surface area contributed by atoms with Crippen LogP contribution in [0.4, 0.5) is 0 Å². The third kappa shape index (κ3) is 3.36. The van der Waals surface area contributed by atoms with Crippen LogP contribution in [0.25, 0.3) is 10.6 Å². The molecule has 1 heterocycles. The zero-order chi connectivity index (χ0) is 14.7. The quantitative estimate of drug-likeness (QED) is 0.850. The maximum absolute atomic E-state index is 5.76. The van der Waals surface area contributed by atoms with E-state index >= 15 is 0 Å². The third-order valence-corrected chi connectivity index (χ3v) is 4.34. The van der Waals surface area contributed by atoms with E-state index in [0.717, 1.165) is 34.3 Å². The lowest BCUT2D eigenvalue weighted by Gasteiger charge is -2.12. The number of thiazole rings is 1. The smallest absolute Gasteiger partial charge is 0.171 e. The molecule has 0 amide bonds. The van der Waals surface area contributed by atoms with Gasteiger partial charge in [-0.05, 0) is 31.9 Å². The molecular formula is C16H20N2O2S. The van der Waals surface area contributed by atoms with Gasteiger partial charge >= 0.3 is 0 Å². The first-order chi connectivity index (χ1) is 10.3. The predicted molar refractivity (Wildman–Crippen MR) is 85.1 cm³/mol. The molecule has 3 rings (SSSR count). The summed E-state index contributed by atoms with van der Waals surface area (Å²) in [5.74, 6) is 1.53. The fourth-order valence-electron chi connectivity index (χ4n) is 2.19. The summed E-state index contributed by atoms with van der Waals surface area (Å²) in [6.07, 6.45) is 2.59. The minimum Gasteiger partial charge on any atom is -0.493 e. The molecule has 0 bridgehead atoms. The molecule has 21 heavy (non-hydrogen) atoms. The average molecular weight is 304 g/mol. The molecule has 1 saturated carbocycles. The van der Waals surface area contributed by atoms with Gasteiger partial charge in [0.25, 0.3) is 0 Å². The lowest BCUT2D eigenvalue weighted by atomic mass is 10.2. The molecular weight excluding hydrogens is 284 g/mol. The number of nitrogens with one attached hydrogen (secondary N) is 1. The second-order valence-electron chi connectivity index (χ2n) is 5.07. The Morgan fingerprint density at radius 3 is 2.95 bits per heavy atom. The molecule has 1 N–H and O–H groups in total. The van der Waals surface area contributed by atoms with Crippen LogP contribution in [-0.4, -0.2) is 24.7 Å². The Kier molecular flexibility index (Phi) is 4.41. The van der Waals surface area contributed by atoms with Crippen molar-refractivity contribution in [1.29, 1.82) is 0 Å². The molecule has 0 atom stereocenters. The lowest BCUT2D eigenvalue weighted by Crippen LogP contribution is -2.15. The first-order valence-electron chi connectivity index (χ1n) is 7.29. The molecule has 1 aromatic heterocycles. The molecule has 0 spiro atoms. The SMILES string of the molecule is CCOc1c(OC)cccc1-c1nc(CNC2CC2)cs1. The van der Waals surface area contributed by atoms with Gasteiger partial charge < -0.3 is 14.8 Å². The second-order valence-corrected chi connectivity index (χ2v) is 5.93. The van der Waals surface area contributed by atoms with Crippen LogP contribution in [0.1, 0.15) is 25.5 Å². The van der Waals surface area contributed by atoms with Crippen molar-refractivity contribution in [3.05, 3.63) is 29.3 Å². The van der Waals surface area contributed by atoms with Gasteiger partial charge in [0.2, 0.25) is 0 Å². The van der Waals surface area contributed by atoms with Crippen molar-refractivity contribution in [2.45, 2.75) is 32.4 Å². The van der Waals surface area contributed by atoms with Crippen molar-refractivity contribution in [3.8, 4) is 22.1 Å². The van der Waals surface area contributed by atoms with Gasteiger partial charge in [0.05, 0.1) is 25.0 Å². The summed E-state index contributed by atoms with van der Waals surface area (Å²) in [5.41, 5.74) is 2.09. The van der Waals surface area contributed by atoms with Crippen LogP contribution in [-0.2, 0) is 6.54 Å². The molecule has 0 unspecified atom stereocenters. The van der Waals surface area contributed by atoms with Gasteiger partial charge in [-0.1, -0.05) is 6.07 Å². The van der Waals surface area contributed by atoms with Gasteiger partial charge in [-0.25, -0.2) is 4.98 Å². The van der Waals surface area contributed by atoms with Crippen LogP contribution in [0, 0.1) is 0 Å². The van der Waals surface area contributed by atoms with Gasteiger partial charge in [-0.2, -0.15) is 0 Å². The van der Waals surface area contributed by atoms with Crippen molar-refractivity contribution >= 4 is 11.3 Å². The van der Waals surface area contributed by atoms with Gasteiger partial charge in [-0.15, -0.1) is 11.3 Å². The Morgan fingerprint density at radius 2 is 2.24 bits per heavy atom. The summed E-state index contributed by atoms with van der Waals surface area (Å²) >= 11 is 1.65. The van der Waals surface area contributed by atoms with Gasteiger partial charge in [-0.3, -0.25) is 0 Å². The van der Waals surface area contributed by atoms with E-state index in [-0.39, 0.29) is 0 Å². The molecule has 1 aromatic carbocycles. The second kappa shape index (κ2) is 6.45. The maximum Gasteiger partial charge on any atom is 0.171 e. The number of hydrogen-bond acceptors (Lipinski definition) is 5. The fourth-order valence-corrected chi connectivity index (χ4v) is 3.03. The Morgan fingerprint density at radius 1 is 1.38 bits per heavy atom. The van der Waals surface area contributed by atoms with Crippen LogP contribution in [0.2, 0.25) is 0 Å². The van der Waals surface area contributed by atoms with E-state index in [1.807, 2.05) is 25.1 Å². The number of para-hydroxylation sites is 1. The monoisotopic (exact) mass is 304 g/mol. The van der Waals surface area contributed by atoms with Crippen LogP contribution < -0.4 is 14.8 Å². The first kappa shape index (κ1) is 14.4. The summed E-state index contributed by atoms with van der Waals surface area (Å²) in [6.45, 7) is 3.42. The highest BCUT2D eigenvalue weighted by molar-refractivity contribution is 7.13. The predicted octanol–water partition coefficient (Wildman–Crippen LogP) is 3.47. The highest BCUT2D eigenvalue weighted by Crippen LogP contribution is 2.39. The van der Waals surface area contributed by atoms with Gasteiger partial charge in [0.1, 0.15) is 5.01 Å². The van der Waals surface area contributed by atoms with E-state index in [1.165, 1.54) is 12.8 Å². The summed E-state index contributed by atoms with van der Waals surface area (Å²) in [5, 5.41) is 6.58. The number of aromatic nitrogens is 1. The minimum absolute atomic E-state index is 0.606. The van der Waals surface area contributed by atoms with Crippen LogP contribution >= 0.6 is 11.3 Å². The topological polar surface area (TPSA) is 43.4 Å². The molecule has 5 heteroatoms. The number of rotatable bonds is 7. The minimum atomic E-state index is 0.606. The molecule has 0 saturated heterocycles. The molecule has 1 aliphatic rings.